The molecule has 92 valence electrons. The first-order valence-corrected chi connectivity index (χ1v) is 6.02. The third kappa shape index (κ3) is 3.19. The van der Waals surface area contributed by atoms with Crippen molar-refractivity contribution in [3.05, 3.63) is 30.1 Å². The summed E-state index contributed by atoms with van der Waals surface area (Å²) in [6.45, 7) is 8.36. The summed E-state index contributed by atoms with van der Waals surface area (Å²) >= 11 is 0. The summed E-state index contributed by atoms with van der Waals surface area (Å²) in [5, 5.41) is 6.70. The Morgan fingerprint density at radius 2 is 2.29 bits per heavy atom. The summed E-state index contributed by atoms with van der Waals surface area (Å²) < 4.78 is 0. The first-order valence-electron chi connectivity index (χ1n) is 6.02. The van der Waals surface area contributed by atoms with Crippen LogP contribution in [-0.2, 0) is 0 Å². The smallest absolute Gasteiger partial charge is 0.191 e. The predicted molar refractivity (Wildman–Crippen MR) is 69.9 cm³/mol. The number of guanidine groups is 1. The van der Waals surface area contributed by atoms with Crippen molar-refractivity contribution in [3.63, 3.8) is 0 Å². The molecule has 2 N–H and O–H groups in total. The maximum Gasteiger partial charge on any atom is 0.191 e. The van der Waals surface area contributed by atoms with E-state index in [4.69, 9.17) is 0 Å². The highest BCUT2D eigenvalue weighted by molar-refractivity contribution is 5.80. The fourth-order valence-corrected chi connectivity index (χ4v) is 1.75. The molecule has 4 heteroatoms. The predicted octanol–water partition coefficient (Wildman–Crippen LogP) is 1.72. The Balaban J connectivity index is 1.96. The van der Waals surface area contributed by atoms with Crippen molar-refractivity contribution < 1.29 is 0 Å². The van der Waals surface area contributed by atoms with Crippen LogP contribution in [0.4, 0.5) is 0 Å². The monoisotopic (exact) mass is 232 g/mol. The molecule has 1 aromatic rings. The fourth-order valence-electron chi connectivity index (χ4n) is 1.75. The third-order valence-corrected chi connectivity index (χ3v) is 2.94. The molecule has 0 fully saturated rings. The van der Waals surface area contributed by atoms with E-state index in [0.717, 1.165) is 19.0 Å². The van der Waals surface area contributed by atoms with Gasteiger partial charge in [-0.15, -0.1) is 0 Å². The van der Waals surface area contributed by atoms with Gasteiger partial charge >= 0.3 is 0 Å². The molecule has 1 atom stereocenters. The average molecular weight is 232 g/mol. The normalized spacial score (nSPS) is 20.1. The lowest BCUT2D eigenvalue weighted by atomic mass is 9.93. The SMILES string of the molecule is CC(NC1=NCC(C)(C)CN1)c1cccnc1. The van der Waals surface area contributed by atoms with Crippen LogP contribution in [-0.4, -0.2) is 24.0 Å². The maximum atomic E-state index is 4.52. The second kappa shape index (κ2) is 4.73. The van der Waals surface area contributed by atoms with Crippen LogP contribution in [0.5, 0.6) is 0 Å². The van der Waals surface area contributed by atoms with Gasteiger partial charge in [0.1, 0.15) is 0 Å². The minimum absolute atomic E-state index is 0.219. The molecule has 0 saturated heterocycles. The van der Waals surface area contributed by atoms with E-state index >= 15 is 0 Å². The van der Waals surface area contributed by atoms with Crippen molar-refractivity contribution in [2.75, 3.05) is 13.1 Å². The Labute approximate surface area is 103 Å². The van der Waals surface area contributed by atoms with Crippen molar-refractivity contribution in [1.29, 1.82) is 0 Å². The molecule has 1 aromatic heterocycles. The standard InChI is InChI=1S/C13H20N4/c1-10(11-5-4-6-14-7-11)17-12-15-8-13(2,3)9-16-12/h4-7,10H,8-9H2,1-3H3,(H2,15,16,17). The summed E-state index contributed by atoms with van der Waals surface area (Å²) in [5.41, 5.74) is 1.42. The Kier molecular flexibility index (Phi) is 3.31. The summed E-state index contributed by atoms with van der Waals surface area (Å²) in [7, 11) is 0. The number of aliphatic imine (C=N–C) groups is 1. The summed E-state index contributed by atoms with van der Waals surface area (Å²) in [4.78, 5) is 8.64. The van der Waals surface area contributed by atoms with Crippen molar-refractivity contribution >= 4 is 5.96 Å². The number of rotatable bonds is 2. The van der Waals surface area contributed by atoms with Crippen LogP contribution < -0.4 is 10.6 Å². The second-order valence-corrected chi connectivity index (χ2v) is 5.33. The zero-order chi connectivity index (χ0) is 12.3. The van der Waals surface area contributed by atoms with Gasteiger partial charge in [0.25, 0.3) is 0 Å². The zero-order valence-corrected chi connectivity index (χ0v) is 10.7. The van der Waals surface area contributed by atoms with Gasteiger partial charge in [0.05, 0.1) is 6.04 Å². The lowest BCUT2D eigenvalue weighted by Gasteiger charge is -2.30. The van der Waals surface area contributed by atoms with Crippen LogP contribution in [0.15, 0.2) is 29.5 Å². The van der Waals surface area contributed by atoms with Crippen LogP contribution in [0.25, 0.3) is 0 Å². The second-order valence-electron chi connectivity index (χ2n) is 5.33. The van der Waals surface area contributed by atoms with E-state index in [1.807, 2.05) is 12.3 Å². The van der Waals surface area contributed by atoms with Crippen LogP contribution in [0.1, 0.15) is 32.4 Å². The third-order valence-electron chi connectivity index (χ3n) is 2.94. The molecule has 1 aliphatic rings. The molecule has 4 nitrogen and oxygen atoms in total. The van der Waals surface area contributed by atoms with Gasteiger partial charge in [0.15, 0.2) is 5.96 Å². The van der Waals surface area contributed by atoms with E-state index in [1.54, 1.807) is 6.20 Å². The average Bonchev–Trinajstić information content (AvgIpc) is 2.33. The van der Waals surface area contributed by atoms with Crippen LogP contribution >= 0.6 is 0 Å². The lowest BCUT2D eigenvalue weighted by Crippen LogP contribution is -2.47. The van der Waals surface area contributed by atoms with Crippen molar-refractivity contribution in [3.8, 4) is 0 Å². The number of hydrogen-bond acceptors (Lipinski definition) is 4. The van der Waals surface area contributed by atoms with Gasteiger partial charge in [-0.1, -0.05) is 19.9 Å². The van der Waals surface area contributed by atoms with Crippen LogP contribution in [0.2, 0.25) is 0 Å². The molecule has 2 heterocycles. The van der Waals surface area contributed by atoms with Crippen molar-refractivity contribution in [1.82, 2.24) is 15.6 Å². The molecule has 0 radical (unpaired) electrons. The first kappa shape index (κ1) is 11.9. The molecule has 0 spiro atoms. The molecule has 1 aliphatic heterocycles. The molecule has 0 aliphatic carbocycles. The zero-order valence-electron chi connectivity index (χ0n) is 10.7. The fraction of sp³-hybridized carbons (Fsp3) is 0.538. The van der Waals surface area contributed by atoms with E-state index < -0.39 is 0 Å². The quantitative estimate of drug-likeness (QED) is 0.816. The van der Waals surface area contributed by atoms with Gasteiger partial charge in [-0.25, -0.2) is 0 Å². The molecule has 0 saturated carbocycles. The first-order chi connectivity index (χ1) is 8.07. The summed E-state index contributed by atoms with van der Waals surface area (Å²) in [5.74, 6) is 0.890. The summed E-state index contributed by atoms with van der Waals surface area (Å²) in [6.07, 6.45) is 3.67. The molecular weight excluding hydrogens is 212 g/mol. The Morgan fingerprint density at radius 3 is 2.88 bits per heavy atom. The Morgan fingerprint density at radius 1 is 1.47 bits per heavy atom. The number of nitrogens with zero attached hydrogens (tertiary/aromatic N) is 2. The van der Waals surface area contributed by atoms with Crippen molar-refractivity contribution in [2.45, 2.75) is 26.8 Å². The lowest BCUT2D eigenvalue weighted by molar-refractivity contribution is 0.357. The number of hydrogen-bond donors (Lipinski definition) is 2. The molecule has 0 bridgehead atoms. The Bertz CT molecular complexity index is 397. The largest absolute Gasteiger partial charge is 0.356 e. The summed E-state index contributed by atoms with van der Waals surface area (Å²) in [6, 6.07) is 4.24. The molecule has 0 aromatic carbocycles. The van der Waals surface area contributed by atoms with Gasteiger partial charge in [-0.05, 0) is 18.6 Å². The van der Waals surface area contributed by atoms with Crippen LogP contribution in [0, 0.1) is 5.41 Å². The van der Waals surface area contributed by atoms with E-state index in [2.05, 4.69) is 47.4 Å². The van der Waals surface area contributed by atoms with E-state index in [9.17, 15) is 0 Å². The molecule has 17 heavy (non-hydrogen) atoms. The van der Waals surface area contributed by atoms with Gasteiger partial charge in [-0.2, -0.15) is 0 Å². The topological polar surface area (TPSA) is 49.3 Å². The molecule has 2 rings (SSSR count). The minimum Gasteiger partial charge on any atom is -0.356 e. The van der Waals surface area contributed by atoms with E-state index in [0.29, 0.717) is 0 Å². The van der Waals surface area contributed by atoms with Crippen molar-refractivity contribution in [2.24, 2.45) is 10.4 Å². The van der Waals surface area contributed by atoms with E-state index in [-0.39, 0.29) is 11.5 Å². The van der Waals surface area contributed by atoms with Gasteiger partial charge in [0.2, 0.25) is 0 Å². The highest BCUT2D eigenvalue weighted by Gasteiger charge is 2.22. The van der Waals surface area contributed by atoms with Gasteiger partial charge in [-0.3, -0.25) is 9.98 Å². The minimum atomic E-state index is 0.219. The highest BCUT2D eigenvalue weighted by Crippen LogP contribution is 2.17. The Hall–Kier alpha value is -1.58. The number of aromatic nitrogens is 1. The molecular formula is C13H20N4. The number of nitrogens with one attached hydrogen (secondary N) is 2. The number of pyridine rings is 1. The molecule has 1 unspecified atom stereocenters. The van der Waals surface area contributed by atoms with Crippen LogP contribution in [0.3, 0.4) is 0 Å². The maximum absolute atomic E-state index is 4.52. The van der Waals surface area contributed by atoms with E-state index in [1.165, 1.54) is 5.56 Å². The molecule has 0 amide bonds. The van der Waals surface area contributed by atoms with Gasteiger partial charge < -0.3 is 10.6 Å². The highest BCUT2D eigenvalue weighted by atomic mass is 15.2. The van der Waals surface area contributed by atoms with Gasteiger partial charge in [0, 0.05) is 30.9 Å².